The summed E-state index contributed by atoms with van der Waals surface area (Å²) >= 11 is 0. The molecule has 1 aliphatic rings. The van der Waals surface area contributed by atoms with Crippen molar-refractivity contribution in [1.82, 2.24) is 0 Å². The van der Waals surface area contributed by atoms with Gasteiger partial charge in [0.1, 0.15) is 0 Å². The van der Waals surface area contributed by atoms with Crippen molar-refractivity contribution < 1.29 is 4.11 Å². The Morgan fingerprint density at radius 1 is 0.625 bits per heavy atom. The molecule has 0 aromatic heterocycles. The second-order valence-corrected chi connectivity index (χ2v) is 12.5. The van der Waals surface area contributed by atoms with Gasteiger partial charge in [0.05, 0.1) is 0 Å². The highest BCUT2D eigenvalue weighted by molar-refractivity contribution is 5.86. The highest BCUT2D eigenvalue weighted by Gasteiger charge is 2.35. The van der Waals surface area contributed by atoms with Crippen molar-refractivity contribution in [2.45, 2.75) is 59.3 Å². The second-order valence-electron chi connectivity index (χ2n) is 12.5. The SMILES string of the molecule is [2H]C([2H])([2H])c1cc2c(cc1-c1ccc(N(c3cccc(-c4ccccc4)c3C)C(C)(C)C)cc1)-c1ccccc1C2(C)C. The Hall–Kier alpha value is -4.10. The van der Waals surface area contributed by atoms with Crippen LogP contribution in [-0.4, -0.2) is 5.54 Å². The average Bonchev–Trinajstić information content (AvgIpc) is 3.19. The van der Waals surface area contributed by atoms with E-state index in [1.807, 2.05) is 12.1 Å². The van der Waals surface area contributed by atoms with E-state index >= 15 is 0 Å². The number of anilines is 2. The van der Waals surface area contributed by atoms with Crippen molar-refractivity contribution >= 4 is 11.4 Å². The largest absolute Gasteiger partial charge is 0.336 e. The molecule has 1 heteroatoms. The van der Waals surface area contributed by atoms with E-state index in [0.29, 0.717) is 5.56 Å². The van der Waals surface area contributed by atoms with Crippen LogP contribution in [0.3, 0.4) is 0 Å². The van der Waals surface area contributed by atoms with E-state index in [0.717, 1.165) is 33.6 Å². The van der Waals surface area contributed by atoms with E-state index < -0.39 is 6.85 Å². The van der Waals surface area contributed by atoms with E-state index in [1.54, 1.807) is 0 Å². The highest BCUT2D eigenvalue weighted by Crippen LogP contribution is 2.50. The Bertz CT molecular complexity index is 1810. The normalized spacial score (nSPS) is 15.0. The third-order valence-electron chi connectivity index (χ3n) is 8.46. The average molecular weight is 525 g/mol. The number of rotatable bonds is 4. The van der Waals surface area contributed by atoms with Crippen molar-refractivity contribution in [1.29, 1.82) is 0 Å². The zero-order valence-electron chi connectivity index (χ0n) is 27.3. The molecular formula is C39H39N. The number of aryl methyl sites for hydroxylation is 1. The van der Waals surface area contributed by atoms with Crippen LogP contribution in [0.1, 0.15) is 61.0 Å². The predicted molar refractivity (Wildman–Crippen MR) is 173 cm³/mol. The lowest BCUT2D eigenvalue weighted by molar-refractivity contribution is 0.559. The lowest BCUT2D eigenvalue weighted by Crippen LogP contribution is -2.38. The number of benzene rings is 5. The molecule has 1 nitrogen and oxygen atoms in total. The number of hydrogen-bond acceptors (Lipinski definition) is 1. The molecule has 200 valence electrons. The Kier molecular flexibility index (Phi) is 5.40. The molecule has 0 atom stereocenters. The molecule has 0 aliphatic heterocycles. The van der Waals surface area contributed by atoms with Gasteiger partial charge in [-0.25, -0.2) is 0 Å². The van der Waals surface area contributed by atoms with Gasteiger partial charge in [-0.05, 0) is 114 Å². The predicted octanol–water partition coefficient (Wildman–Crippen LogP) is 10.9. The van der Waals surface area contributed by atoms with E-state index in [2.05, 4.69) is 144 Å². The third kappa shape index (κ3) is 4.25. The third-order valence-corrected chi connectivity index (χ3v) is 8.46. The van der Waals surface area contributed by atoms with Gasteiger partial charge in [-0.3, -0.25) is 0 Å². The fourth-order valence-electron chi connectivity index (χ4n) is 6.46. The number of nitrogens with zero attached hydrogens (tertiary/aromatic N) is 1. The van der Waals surface area contributed by atoms with Crippen LogP contribution in [0.4, 0.5) is 11.4 Å². The standard InChI is InChI=1S/C39H39N/c1-26-24-36-34(32-16-11-12-18-35(32)39(36,6)7)25-33(26)29-20-22-30(23-21-29)40(38(3,4)5)37-19-13-17-31(27(37)2)28-14-9-8-10-15-28/h8-25H,1-7H3/i1D3. The van der Waals surface area contributed by atoms with Gasteiger partial charge in [-0.2, -0.15) is 0 Å². The summed E-state index contributed by atoms with van der Waals surface area (Å²) in [6.45, 7) is 11.0. The molecule has 0 N–H and O–H groups in total. The molecule has 0 fully saturated rings. The topological polar surface area (TPSA) is 3.24 Å². The summed E-state index contributed by atoms with van der Waals surface area (Å²) in [6.07, 6.45) is 0. The molecule has 5 aromatic carbocycles. The second kappa shape index (κ2) is 9.52. The molecule has 40 heavy (non-hydrogen) atoms. The minimum absolute atomic E-state index is 0.200. The molecule has 0 heterocycles. The van der Waals surface area contributed by atoms with E-state index in [4.69, 9.17) is 4.11 Å². The maximum absolute atomic E-state index is 8.46. The molecule has 0 bridgehead atoms. The smallest absolute Gasteiger partial charge is 0.0451 e. The van der Waals surface area contributed by atoms with Crippen LogP contribution >= 0.6 is 0 Å². The van der Waals surface area contributed by atoms with Crippen molar-refractivity contribution in [3.05, 3.63) is 131 Å². The van der Waals surface area contributed by atoms with Crippen LogP contribution in [0.15, 0.2) is 109 Å². The van der Waals surface area contributed by atoms with Crippen LogP contribution in [0, 0.1) is 13.8 Å². The van der Waals surface area contributed by atoms with E-state index in [9.17, 15) is 0 Å². The van der Waals surface area contributed by atoms with Gasteiger partial charge in [-0.1, -0.05) is 98.8 Å². The Balaban J connectivity index is 1.47. The minimum Gasteiger partial charge on any atom is -0.336 e. The summed E-state index contributed by atoms with van der Waals surface area (Å²) in [4.78, 5) is 2.38. The lowest BCUT2D eigenvalue weighted by Gasteiger charge is -2.39. The zero-order valence-corrected chi connectivity index (χ0v) is 24.3. The molecule has 0 spiro atoms. The Morgan fingerprint density at radius 3 is 1.98 bits per heavy atom. The molecule has 6 rings (SSSR count). The fraction of sp³-hybridized carbons (Fsp3) is 0.231. The summed E-state index contributed by atoms with van der Waals surface area (Å²) in [7, 11) is 0. The van der Waals surface area contributed by atoms with Gasteiger partial charge in [0.25, 0.3) is 0 Å². The molecular weight excluding hydrogens is 482 g/mol. The molecule has 5 aromatic rings. The maximum Gasteiger partial charge on any atom is 0.0451 e. The molecule has 0 unspecified atom stereocenters. The monoisotopic (exact) mass is 524 g/mol. The van der Waals surface area contributed by atoms with Crippen LogP contribution in [-0.2, 0) is 5.41 Å². The van der Waals surface area contributed by atoms with Gasteiger partial charge >= 0.3 is 0 Å². The van der Waals surface area contributed by atoms with Crippen LogP contribution < -0.4 is 4.90 Å². The fourth-order valence-corrected chi connectivity index (χ4v) is 6.46. The molecule has 0 saturated carbocycles. The Morgan fingerprint density at radius 2 is 1.27 bits per heavy atom. The first-order valence-corrected chi connectivity index (χ1v) is 14.1. The first-order chi connectivity index (χ1) is 20.3. The quantitative estimate of drug-likeness (QED) is 0.226. The van der Waals surface area contributed by atoms with Crippen molar-refractivity contribution in [2.75, 3.05) is 4.90 Å². The van der Waals surface area contributed by atoms with Gasteiger partial charge in [0.2, 0.25) is 0 Å². The zero-order chi connectivity index (χ0) is 30.7. The summed E-state index contributed by atoms with van der Waals surface area (Å²) in [6, 6.07) is 37.9. The Labute approximate surface area is 244 Å². The number of fused-ring (bicyclic) bond motifs is 3. The van der Waals surface area contributed by atoms with E-state index in [-0.39, 0.29) is 11.0 Å². The van der Waals surface area contributed by atoms with Gasteiger partial charge in [-0.15, -0.1) is 0 Å². The van der Waals surface area contributed by atoms with Gasteiger partial charge in [0.15, 0.2) is 0 Å². The van der Waals surface area contributed by atoms with Crippen LogP contribution in [0.5, 0.6) is 0 Å². The summed E-state index contributed by atoms with van der Waals surface area (Å²) in [5, 5.41) is 0. The maximum atomic E-state index is 8.46. The molecule has 0 amide bonds. The van der Waals surface area contributed by atoms with Gasteiger partial charge < -0.3 is 4.90 Å². The van der Waals surface area contributed by atoms with E-state index in [1.165, 1.54) is 27.8 Å². The summed E-state index contributed by atoms with van der Waals surface area (Å²) in [5.41, 5.74) is 12.1. The van der Waals surface area contributed by atoms with Crippen molar-refractivity contribution in [3.63, 3.8) is 0 Å². The highest BCUT2D eigenvalue weighted by atomic mass is 15.2. The minimum atomic E-state index is -2.24. The van der Waals surface area contributed by atoms with Gasteiger partial charge in [0, 0.05) is 26.4 Å². The van der Waals surface area contributed by atoms with Crippen molar-refractivity contribution in [2.24, 2.45) is 0 Å². The van der Waals surface area contributed by atoms with Crippen LogP contribution in [0.2, 0.25) is 0 Å². The summed E-state index contributed by atoms with van der Waals surface area (Å²) in [5.74, 6) is 0. The first-order valence-electron chi connectivity index (χ1n) is 15.6. The summed E-state index contributed by atoms with van der Waals surface area (Å²) < 4.78 is 25.4. The molecule has 0 saturated heterocycles. The molecule has 1 aliphatic carbocycles. The van der Waals surface area contributed by atoms with Crippen LogP contribution in [0.25, 0.3) is 33.4 Å². The first kappa shape index (κ1) is 22.7. The van der Waals surface area contributed by atoms with Crippen molar-refractivity contribution in [3.8, 4) is 33.4 Å². The molecule has 0 radical (unpaired) electrons. The lowest BCUT2D eigenvalue weighted by atomic mass is 9.81. The number of hydrogen-bond donors (Lipinski definition) is 0.